The van der Waals surface area contributed by atoms with Gasteiger partial charge in [0.1, 0.15) is 35.5 Å². The second-order valence-corrected chi connectivity index (χ2v) is 8.37. The molecule has 8 nitrogen and oxygen atoms in total. The molecule has 0 aliphatic carbocycles. The lowest BCUT2D eigenvalue weighted by Crippen LogP contribution is -2.15. The van der Waals surface area contributed by atoms with Gasteiger partial charge >= 0.3 is 0 Å². The topological polar surface area (TPSA) is 107 Å². The minimum Gasteiger partial charge on any atom is -0.487 e. The van der Waals surface area contributed by atoms with Crippen LogP contribution >= 0.6 is 12.4 Å². The summed E-state index contributed by atoms with van der Waals surface area (Å²) < 4.78 is 20.5. The fraction of sp³-hybridized carbons (Fsp3) is 0.154. The van der Waals surface area contributed by atoms with Crippen molar-refractivity contribution in [1.82, 2.24) is 25.0 Å². The van der Waals surface area contributed by atoms with Gasteiger partial charge in [-0.1, -0.05) is 5.21 Å². The highest BCUT2D eigenvalue weighted by Gasteiger charge is 2.09. The van der Waals surface area contributed by atoms with Gasteiger partial charge in [0, 0.05) is 17.2 Å². The second-order valence-electron chi connectivity index (χ2n) is 8.37. The zero-order valence-corrected chi connectivity index (χ0v) is 20.5. The number of ether oxygens (including phenoxy) is 1. The summed E-state index contributed by atoms with van der Waals surface area (Å²) in [5.74, 6) is 1.66. The van der Waals surface area contributed by atoms with Gasteiger partial charge in [-0.15, -0.1) is 17.5 Å². The van der Waals surface area contributed by atoms with E-state index in [1.165, 1.54) is 12.1 Å². The third kappa shape index (κ3) is 5.52. The van der Waals surface area contributed by atoms with Crippen LogP contribution in [0.25, 0.3) is 28.1 Å². The summed E-state index contributed by atoms with van der Waals surface area (Å²) in [5, 5.41) is 8.19. The van der Waals surface area contributed by atoms with Crippen molar-refractivity contribution in [2.24, 2.45) is 10.7 Å². The summed E-state index contributed by atoms with van der Waals surface area (Å²) >= 11 is 0. The summed E-state index contributed by atoms with van der Waals surface area (Å²) in [5.41, 5.74) is 11.0. The quantitative estimate of drug-likeness (QED) is 0.237. The lowest BCUT2D eigenvalue weighted by atomic mass is 10.2. The molecule has 0 unspecified atom stereocenters. The van der Waals surface area contributed by atoms with Gasteiger partial charge in [0.05, 0.1) is 22.9 Å². The molecule has 0 aliphatic heterocycles. The molecule has 0 aliphatic rings. The van der Waals surface area contributed by atoms with E-state index >= 15 is 0 Å². The van der Waals surface area contributed by atoms with Crippen molar-refractivity contribution in [1.29, 1.82) is 0 Å². The number of imidazole rings is 1. The average Bonchev–Trinajstić information content (AvgIpc) is 3.50. The highest BCUT2D eigenvalue weighted by Crippen LogP contribution is 2.24. The molecule has 10 heteroatoms. The molecule has 0 bridgehead atoms. The van der Waals surface area contributed by atoms with Crippen LogP contribution in [0.15, 0.2) is 77.9 Å². The van der Waals surface area contributed by atoms with E-state index in [1.54, 1.807) is 23.0 Å². The Hall–Kier alpha value is -4.24. The third-order valence-electron chi connectivity index (χ3n) is 5.32. The lowest BCUT2D eigenvalue weighted by molar-refractivity contribution is 0.301. The standard InChI is InChI=1S/C26H24FN7O.ClH/c1-16(2)29-25(28)18-5-12-23-24(13-18)31-26(30-23)17-3-10-22(11-4-17)35-15-20-14-34(33-32-20)21-8-6-19(27)7-9-21;/h3-14,16H,15H2,1-2H3,(H2,28,29)(H,30,31);1H. The van der Waals surface area contributed by atoms with E-state index in [-0.39, 0.29) is 30.9 Å². The summed E-state index contributed by atoms with van der Waals surface area (Å²) in [6.45, 7) is 4.24. The minimum atomic E-state index is -0.297. The highest BCUT2D eigenvalue weighted by atomic mass is 35.5. The van der Waals surface area contributed by atoms with Gasteiger partial charge in [-0.05, 0) is 80.6 Å². The number of nitrogens with two attached hydrogens (primary N) is 1. The van der Waals surface area contributed by atoms with Crippen molar-refractivity contribution in [3.63, 3.8) is 0 Å². The summed E-state index contributed by atoms with van der Waals surface area (Å²) in [6.07, 6.45) is 1.75. The number of hydrogen-bond donors (Lipinski definition) is 2. The highest BCUT2D eigenvalue weighted by molar-refractivity contribution is 6.00. The van der Waals surface area contributed by atoms with Crippen molar-refractivity contribution in [2.75, 3.05) is 0 Å². The number of aromatic amines is 1. The van der Waals surface area contributed by atoms with Gasteiger partial charge < -0.3 is 15.5 Å². The number of aromatic nitrogens is 5. The van der Waals surface area contributed by atoms with E-state index in [4.69, 9.17) is 10.5 Å². The van der Waals surface area contributed by atoms with Gasteiger partial charge in [0.25, 0.3) is 0 Å². The molecule has 2 aromatic heterocycles. The van der Waals surface area contributed by atoms with Crippen LogP contribution < -0.4 is 10.5 Å². The molecule has 36 heavy (non-hydrogen) atoms. The van der Waals surface area contributed by atoms with Crippen LogP contribution in [-0.2, 0) is 6.61 Å². The van der Waals surface area contributed by atoms with E-state index < -0.39 is 0 Å². The molecule has 0 saturated carbocycles. The number of rotatable bonds is 7. The molecule has 2 heterocycles. The Morgan fingerprint density at radius 1 is 1.08 bits per heavy atom. The number of nitrogens with one attached hydrogen (secondary N) is 1. The van der Waals surface area contributed by atoms with Gasteiger partial charge in [0.15, 0.2) is 0 Å². The first kappa shape index (κ1) is 24.9. The number of aliphatic imine (C=N–C) groups is 1. The number of benzene rings is 3. The van der Waals surface area contributed by atoms with E-state index in [9.17, 15) is 4.39 Å². The summed E-state index contributed by atoms with van der Waals surface area (Å²) in [6, 6.07) is 19.6. The van der Waals surface area contributed by atoms with Crippen molar-refractivity contribution in [3.8, 4) is 22.8 Å². The van der Waals surface area contributed by atoms with Crippen LogP contribution in [0.3, 0.4) is 0 Å². The maximum atomic E-state index is 13.1. The second kappa shape index (κ2) is 10.6. The zero-order chi connectivity index (χ0) is 24.4. The van der Waals surface area contributed by atoms with Crippen molar-refractivity contribution >= 4 is 29.3 Å². The summed E-state index contributed by atoms with van der Waals surface area (Å²) in [7, 11) is 0. The van der Waals surface area contributed by atoms with Gasteiger partial charge in [-0.3, -0.25) is 4.99 Å². The average molecular weight is 506 g/mol. The van der Waals surface area contributed by atoms with E-state index in [0.29, 0.717) is 17.3 Å². The Balaban J connectivity index is 0.00000304. The first-order valence-corrected chi connectivity index (χ1v) is 11.2. The van der Waals surface area contributed by atoms with Crippen LogP contribution in [0.2, 0.25) is 0 Å². The molecular formula is C26H25ClFN7O. The molecule has 5 aromatic rings. The van der Waals surface area contributed by atoms with Crippen molar-refractivity contribution in [2.45, 2.75) is 26.5 Å². The van der Waals surface area contributed by atoms with E-state index in [0.717, 1.165) is 33.7 Å². The number of hydrogen-bond acceptors (Lipinski definition) is 5. The number of fused-ring (bicyclic) bond motifs is 1. The molecule has 0 atom stereocenters. The number of nitrogens with zero attached hydrogens (tertiary/aromatic N) is 5. The lowest BCUT2D eigenvalue weighted by Gasteiger charge is -2.04. The molecule has 0 amide bonds. The number of halogens is 2. The molecule has 3 aromatic carbocycles. The van der Waals surface area contributed by atoms with E-state index in [1.807, 2.05) is 56.3 Å². The molecule has 3 N–H and O–H groups in total. The number of amidine groups is 1. The van der Waals surface area contributed by atoms with Crippen LogP contribution in [0.5, 0.6) is 5.75 Å². The smallest absolute Gasteiger partial charge is 0.138 e. The normalized spacial score (nSPS) is 11.6. The fourth-order valence-electron chi connectivity index (χ4n) is 3.61. The molecule has 0 saturated heterocycles. The van der Waals surface area contributed by atoms with Gasteiger partial charge in [-0.2, -0.15) is 0 Å². The largest absolute Gasteiger partial charge is 0.487 e. The Kier molecular flexibility index (Phi) is 7.30. The Morgan fingerprint density at radius 2 is 1.83 bits per heavy atom. The van der Waals surface area contributed by atoms with Crippen LogP contribution in [0, 0.1) is 5.82 Å². The molecule has 0 spiro atoms. The summed E-state index contributed by atoms with van der Waals surface area (Å²) in [4.78, 5) is 12.4. The fourth-order valence-corrected chi connectivity index (χ4v) is 3.61. The van der Waals surface area contributed by atoms with Gasteiger partial charge in [-0.25, -0.2) is 14.1 Å². The van der Waals surface area contributed by atoms with E-state index in [2.05, 4.69) is 25.3 Å². The Bertz CT molecular complexity index is 1490. The number of H-pyrrole nitrogens is 1. The molecule has 0 fully saturated rings. The van der Waals surface area contributed by atoms with Crippen LogP contribution in [0.4, 0.5) is 4.39 Å². The monoisotopic (exact) mass is 505 g/mol. The molecule has 0 radical (unpaired) electrons. The van der Waals surface area contributed by atoms with Crippen molar-refractivity contribution in [3.05, 3.63) is 90.0 Å². The van der Waals surface area contributed by atoms with Crippen LogP contribution in [0.1, 0.15) is 25.1 Å². The first-order chi connectivity index (χ1) is 16.9. The molecule has 184 valence electrons. The molecular weight excluding hydrogens is 481 g/mol. The maximum Gasteiger partial charge on any atom is 0.138 e. The van der Waals surface area contributed by atoms with Crippen molar-refractivity contribution < 1.29 is 9.13 Å². The molecule has 5 rings (SSSR count). The van der Waals surface area contributed by atoms with Crippen LogP contribution in [-0.4, -0.2) is 36.8 Å². The zero-order valence-electron chi connectivity index (χ0n) is 19.7. The van der Waals surface area contributed by atoms with Gasteiger partial charge in [0.2, 0.25) is 0 Å². The maximum absolute atomic E-state index is 13.1. The Morgan fingerprint density at radius 3 is 2.56 bits per heavy atom. The third-order valence-corrected chi connectivity index (χ3v) is 5.32. The predicted molar refractivity (Wildman–Crippen MR) is 140 cm³/mol. The predicted octanol–water partition coefficient (Wildman–Crippen LogP) is 5.06. The SMILES string of the molecule is CC(C)N=C(N)c1ccc2nc(-c3ccc(OCc4cn(-c5ccc(F)cc5)nn4)cc3)[nH]c2c1.Cl. The first-order valence-electron chi connectivity index (χ1n) is 11.2. The Labute approximate surface area is 213 Å². The minimum absolute atomic E-state index is 0.